The third-order valence-corrected chi connectivity index (χ3v) is 3.65. The van der Waals surface area contributed by atoms with Crippen molar-refractivity contribution in [2.24, 2.45) is 5.16 Å². The Bertz CT molecular complexity index is 787. The van der Waals surface area contributed by atoms with Gasteiger partial charge in [0.1, 0.15) is 11.5 Å². The topological polar surface area (TPSA) is 51.8 Å². The van der Waals surface area contributed by atoms with Crippen LogP contribution in [0.25, 0.3) is 17.4 Å². The summed E-state index contributed by atoms with van der Waals surface area (Å²) in [6.45, 7) is 3.65. The highest BCUT2D eigenvalue weighted by molar-refractivity contribution is 6.31. The summed E-state index contributed by atoms with van der Waals surface area (Å²) < 4.78 is 5.73. The molecule has 21 heavy (non-hydrogen) atoms. The lowest BCUT2D eigenvalue weighted by atomic mass is 10.1. The van der Waals surface area contributed by atoms with Crippen LogP contribution >= 0.6 is 11.6 Å². The van der Waals surface area contributed by atoms with Gasteiger partial charge in [0.25, 0.3) is 0 Å². The molecule has 0 fully saturated rings. The number of rotatable bonds is 2. The summed E-state index contributed by atoms with van der Waals surface area (Å²) in [7, 11) is 0. The van der Waals surface area contributed by atoms with Crippen molar-refractivity contribution in [2.45, 2.75) is 13.8 Å². The van der Waals surface area contributed by atoms with Gasteiger partial charge in [-0.15, -0.1) is 0 Å². The first-order valence-electron chi connectivity index (χ1n) is 6.39. The highest BCUT2D eigenvalue weighted by atomic mass is 35.5. The Morgan fingerprint density at radius 3 is 2.67 bits per heavy atom. The number of furan rings is 1. The van der Waals surface area contributed by atoms with E-state index in [1.54, 1.807) is 19.1 Å². The van der Waals surface area contributed by atoms with Crippen LogP contribution in [0.4, 0.5) is 0 Å². The molecule has 0 saturated carbocycles. The monoisotopic (exact) mass is 301 g/mol. The van der Waals surface area contributed by atoms with Crippen molar-refractivity contribution >= 4 is 29.4 Å². The second-order valence-electron chi connectivity index (χ2n) is 4.78. The molecule has 0 bridgehead atoms. The van der Waals surface area contributed by atoms with Crippen LogP contribution in [0.3, 0.4) is 0 Å². The maximum absolute atomic E-state index is 11.5. The highest BCUT2D eigenvalue weighted by Gasteiger charge is 2.22. The lowest BCUT2D eigenvalue weighted by Gasteiger charge is -2.00. The number of benzene rings is 1. The van der Waals surface area contributed by atoms with E-state index in [1.807, 2.05) is 31.2 Å². The predicted molar refractivity (Wildman–Crippen MR) is 81.1 cm³/mol. The zero-order valence-corrected chi connectivity index (χ0v) is 12.3. The minimum atomic E-state index is -0.469. The molecule has 0 aliphatic carbocycles. The lowest BCUT2D eigenvalue weighted by molar-refractivity contribution is -0.136. The first-order chi connectivity index (χ1) is 10.0. The molecule has 0 amide bonds. The van der Waals surface area contributed by atoms with Crippen LogP contribution < -0.4 is 0 Å². The molecule has 4 nitrogen and oxygen atoms in total. The third-order valence-electron chi connectivity index (χ3n) is 3.24. The van der Waals surface area contributed by atoms with Crippen LogP contribution in [0.1, 0.15) is 18.2 Å². The van der Waals surface area contributed by atoms with E-state index < -0.39 is 5.97 Å². The highest BCUT2D eigenvalue weighted by Crippen LogP contribution is 2.28. The van der Waals surface area contributed by atoms with Crippen LogP contribution in [-0.2, 0) is 9.63 Å². The van der Waals surface area contributed by atoms with Gasteiger partial charge in [-0.3, -0.25) is 0 Å². The normalized spacial score (nSPS) is 16.2. The van der Waals surface area contributed by atoms with E-state index in [9.17, 15) is 4.79 Å². The number of aryl methyl sites for hydroxylation is 1. The number of carbonyl (C=O) groups excluding carboxylic acids is 1. The molecule has 0 unspecified atom stereocenters. The van der Waals surface area contributed by atoms with Crippen molar-refractivity contribution in [2.75, 3.05) is 0 Å². The smallest absolute Gasteiger partial charge is 0.367 e. The molecule has 3 rings (SSSR count). The van der Waals surface area contributed by atoms with Gasteiger partial charge < -0.3 is 9.25 Å². The summed E-state index contributed by atoms with van der Waals surface area (Å²) >= 11 is 6.12. The molecule has 0 saturated heterocycles. The van der Waals surface area contributed by atoms with E-state index in [4.69, 9.17) is 16.0 Å². The van der Waals surface area contributed by atoms with Crippen LogP contribution in [-0.4, -0.2) is 11.7 Å². The van der Waals surface area contributed by atoms with Crippen molar-refractivity contribution in [1.82, 2.24) is 0 Å². The van der Waals surface area contributed by atoms with Crippen molar-refractivity contribution in [3.05, 3.63) is 52.3 Å². The number of hydrogen-bond acceptors (Lipinski definition) is 4. The van der Waals surface area contributed by atoms with E-state index in [2.05, 4.69) is 9.99 Å². The number of carbonyl (C=O) groups is 1. The molecular formula is C16H12ClNO3. The van der Waals surface area contributed by atoms with Crippen LogP contribution in [0.2, 0.25) is 5.02 Å². The number of halogens is 1. The molecule has 106 valence electrons. The van der Waals surface area contributed by atoms with Crippen LogP contribution in [0.5, 0.6) is 0 Å². The summed E-state index contributed by atoms with van der Waals surface area (Å²) in [4.78, 5) is 16.1. The Kier molecular flexibility index (Phi) is 3.39. The Hall–Kier alpha value is -2.33. The summed E-state index contributed by atoms with van der Waals surface area (Å²) in [5.74, 6) is 0.777. The zero-order chi connectivity index (χ0) is 15.0. The minimum Gasteiger partial charge on any atom is -0.457 e. The van der Waals surface area contributed by atoms with Crippen LogP contribution in [0, 0.1) is 6.92 Å². The fourth-order valence-electron chi connectivity index (χ4n) is 1.99. The second-order valence-corrected chi connectivity index (χ2v) is 5.19. The Balaban J connectivity index is 1.93. The predicted octanol–water partition coefficient (Wildman–Crippen LogP) is 4.22. The maximum atomic E-state index is 11.5. The van der Waals surface area contributed by atoms with Gasteiger partial charge in [0.15, 0.2) is 0 Å². The summed E-state index contributed by atoms with van der Waals surface area (Å²) in [5, 5.41) is 4.31. The van der Waals surface area contributed by atoms with Crippen molar-refractivity contribution in [1.29, 1.82) is 0 Å². The van der Waals surface area contributed by atoms with Gasteiger partial charge >= 0.3 is 5.97 Å². The molecule has 1 aliphatic rings. The summed E-state index contributed by atoms with van der Waals surface area (Å²) in [5.41, 5.74) is 2.83. The molecule has 5 heteroatoms. The summed E-state index contributed by atoms with van der Waals surface area (Å²) in [6.07, 6.45) is 1.62. The second kappa shape index (κ2) is 5.22. The summed E-state index contributed by atoms with van der Waals surface area (Å²) in [6, 6.07) is 9.34. The molecular weight excluding hydrogens is 290 g/mol. The molecule has 0 spiro atoms. The van der Waals surface area contributed by atoms with Gasteiger partial charge in [0.2, 0.25) is 0 Å². The molecule has 0 radical (unpaired) electrons. The number of oxime groups is 1. The largest absolute Gasteiger partial charge is 0.457 e. The average molecular weight is 302 g/mol. The average Bonchev–Trinajstić information content (AvgIpc) is 3.04. The minimum absolute atomic E-state index is 0.401. The van der Waals surface area contributed by atoms with Gasteiger partial charge in [0, 0.05) is 10.6 Å². The first kappa shape index (κ1) is 13.6. The van der Waals surface area contributed by atoms with E-state index in [0.29, 0.717) is 27.8 Å². The lowest BCUT2D eigenvalue weighted by Crippen LogP contribution is -2.01. The molecule has 2 aromatic rings. The van der Waals surface area contributed by atoms with Crippen molar-refractivity contribution < 1.29 is 14.0 Å². The fraction of sp³-hybridized carbons (Fsp3) is 0.125. The van der Waals surface area contributed by atoms with Gasteiger partial charge in [-0.2, -0.15) is 0 Å². The molecule has 0 atom stereocenters. The Labute approximate surface area is 126 Å². The zero-order valence-electron chi connectivity index (χ0n) is 11.5. The standard InChI is InChI=1S/C16H12ClNO3/c1-9-3-4-11(7-14(9)17)15-6-5-12(20-15)8-13-10(2)18-21-16(13)19/h3-8H,1-2H3/b13-8+. The maximum Gasteiger partial charge on any atom is 0.367 e. The van der Waals surface area contributed by atoms with E-state index >= 15 is 0 Å². The van der Waals surface area contributed by atoms with E-state index in [-0.39, 0.29) is 0 Å². The molecule has 2 heterocycles. The Morgan fingerprint density at radius 1 is 1.19 bits per heavy atom. The number of nitrogens with zero attached hydrogens (tertiary/aromatic N) is 1. The first-order valence-corrected chi connectivity index (χ1v) is 6.77. The third kappa shape index (κ3) is 2.62. The van der Waals surface area contributed by atoms with E-state index in [0.717, 1.165) is 11.1 Å². The fourth-order valence-corrected chi connectivity index (χ4v) is 2.17. The SMILES string of the molecule is CC1=NOC(=O)/C1=C/c1ccc(-c2ccc(C)c(Cl)c2)o1. The van der Waals surface area contributed by atoms with Gasteiger partial charge in [-0.25, -0.2) is 4.79 Å². The van der Waals surface area contributed by atoms with Gasteiger partial charge in [-0.05, 0) is 43.7 Å². The van der Waals surface area contributed by atoms with Crippen molar-refractivity contribution in [3.8, 4) is 11.3 Å². The molecule has 1 aliphatic heterocycles. The molecule has 1 aromatic heterocycles. The Morgan fingerprint density at radius 2 is 2.00 bits per heavy atom. The van der Waals surface area contributed by atoms with Gasteiger partial charge in [0.05, 0.1) is 11.3 Å². The molecule has 1 aromatic carbocycles. The quantitative estimate of drug-likeness (QED) is 0.616. The number of hydrogen-bond donors (Lipinski definition) is 0. The van der Waals surface area contributed by atoms with E-state index in [1.165, 1.54) is 0 Å². The van der Waals surface area contributed by atoms with Gasteiger partial charge in [-0.1, -0.05) is 28.9 Å². The van der Waals surface area contributed by atoms with Crippen molar-refractivity contribution in [3.63, 3.8) is 0 Å². The van der Waals surface area contributed by atoms with Crippen LogP contribution in [0.15, 0.2) is 45.5 Å². The molecule has 0 N–H and O–H groups in total.